The number of aromatic nitrogens is 1. The molecular formula is C17H17N3OS. The van der Waals surface area contributed by atoms with E-state index in [0.29, 0.717) is 5.82 Å². The third-order valence-corrected chi connectivity index (χ3v) is 4.24. The molecule has 112 valence electrons. The van der Waals surface area contributed by atoms with E-state index in [1.807, 2.05) is 31.2 Å². The Hall–Kier alpha value is -2.27. The van der Waals surface area contributed by atoms with Crippen molar-refractivity contribution in [3.63, 3.8) is 0 Å². The molecule has 0 spiro atoms. The SMILES string of the molecule is CC1=CCCC(=Nc2ncccc2Sc2cccc(O)c2)N1. The van der Waals surface area contributed by atoms with Crippen LogP contribution in [0.15, 0.2) is 69.2 Å². The smallest absolute Gasteiger partial charge is 0.167 e. The van der Waals surface area contributed by atoms with Gasteiger partial charge < -0.3 is 10.4 Å². The van der Waals surface area contributed by atoms with Crippen LogP contribution < -0.4 is 5.32 Å². The lowest BCUT2D eigenvalue weighted by Gasteiger charge is -2.15. The molecule has 2 N–H and O–H groups in total. The van der Waals surface area contributed by atoms with Gasteiger partial charge >= 0.3 is 0 Å². The molecule has 0 saturated carbocycles. The molecule has 0 amide bonds. The topological polar surface area (TPSA) is 57.5 Å². The minimum absolute atomic E-state index is 0.261. The number of nitrogens with one attached hydrogen (secondary N) is 1. The Balaban J connectivity index is 1.87. The van der Waals surface area contributed by atoms with E-state index < -0.39 is 0 Å². The van der Waals surface area contributed by atoms with Gasteiger partial charge in [0.25, 0.3) is 0 Å². The second-order valence-corrected chi connectivity index (χ2v) is 6.15. The summed E-state index contributed by atoms with van der Waals surface area (Å²) in [6.07, 6.45) is 5.81. The Morgan fingerprint density at radius 3 is 3.00 bits per heavy atom. The Bertz CT molecular complexity index is 740. The van der Waals surface area contributed by atoms with Gasteiger partial charge in [0.05, 0.1) is 4.90 Å². The van der Waals surface area contributed by atoms with Gasteiger partial charge in [-0.1, -0.05) is 23.9 Å². The molecule has 4 nitrogen and oxygen atoms in total. The van der Waals surface area contributed by atoms with E-state index in [1.165, 1.54) is 0 Å². The van der Waals surface area contributed by atoms with Gasteiger partial charge in [0, 0.05) is 23.2 Å². The number of pyridine rings is 1. The molecule has 0 radical (unpaired) electrons. The predicted molar refractivity (Wildman–Crippen MR) is 89.7 cm³/mol. The molecule has 3 rings (SSSR count). The summed E-state index contributed by atoms with van der Waals surface area (Å²) in [6.45, 7) is 2.04. The normalized spacial score (nSPS) is 16.2. The summed E-state index contributed by atoms with van der Waals surface area (Å²) >= 11 is 1.55. The number of rotatable bonds is 3. The Morgan fingerprint density at radius 1 is 1.27 bits per heavy atom. The fourth-order valence-corrected chi connectivity index (χ4v) is 3.11. The number of phenolic OH excluding ortho intramolecular Hbond substituents is 1. The average molecular weight is 311 g/mol. The highest BCUT2D eigenvalue weighted by Gasteiger charge is 2.09. The van der Waals surface area contributed by atoms with E-state index in [1.54, 1.807) is 30.1 Å². The van der Waals surface area contributed by atoms with Gasteiger partial charge in [-0.3, -0.25) is 0 Å². The van der Waals surface area contributed by atoms with Crippen molar-refractivity contribution in [2.45, 2.75) is 29.6 Å². The second kappa shape index (κ2) is 6.66. The molecule has 0 saturated heterocycles. The molecular weight excluding hydrogens is 294 g/mol. The molecule has 0 unspecified atom stereocenters. The first kappa shape index (κ1) is 14.7. The lowest BCUT2D eigenvalue weighted by molar-refractivity contribution is 0.474. The van der Waals surface area contributed by atoms with Gasteiger partial charge in [-0.25, -0.2) is 9.98 Å². The molecule has 1 aromatic carbocycles. The van der Waals surface area contributed by atoms with Crippen LogP contribution >= 0.6 is 11.8 Å². The minimum Gasteiger partial charge on any atom is -0.508 e. The Morgan fingerprint density at radius 2 is 2.18 bits per heavy atom. The van der Waals surface area contributed by atoms with Crippen molar-refractivity contribution >= 4 is 23.4 Å². The van der Waals surface area contributed by atoms with Crippen LogP contribution in [0.1, 0.15) is 19.8 Å². The number of hydrogen-bond donors (Lipinski definition) is 2. The molecule has 0 fully saturated rings. The quantitative estimate of drug-likeness (QED) is 0.889. The van der Waals surface area contributed by atoms with Crippen LogP contribution in [0, 0.1) is 0 Å². The van der Waals surface area contributed by atoms with Gasteiger partial charge in [-0.2, -0.15) is 0 Å². The number of nitrogens with zero attached hydrogens (tertiary/aromatic N) is 2. The zero-order valence-electron chi connectivity index (χ0n) is 12.3. The van der Waals surface area contributed by atoms with E-state index in [2.05, 4.69) is 21.4 Å². The third-order valence-electron chi connectivity index (χ3n) is 3.21. The molecule has 1 aromatic heterocycles. The van der Waals surface area contributed by atoms with E-state index in [4.69, 9.17) is 0 Å². The third kappa shape index (κ3) is 3.68. The maximum Gasteiger partial charge on any atom is 0.167 e. The van der Waals surface area contributed by atoms with Crippen molar-refractivity contribution in [3.05, 3.63) is 54.4 Å². The van der Waals surface area contributed by atoms with Crippen LogP contribution in [0.2, 0.25) is 0 Å². The fourth-order valence-electron chi connectivity index (χ4n) is 2.20. The standard InChI is InChI=1S/C17H17N3OS/c1-12-5-2-9-16(19-12)20-17-15(8-4-10-18-17)22-14-7-3-6-13(21)11-14/h3-8,10-11,21H,2,9H2,1H3,(H,18,19,20). The average Bonchev–Trinajstić information content (AvgIpc) is 2.49. The first-order chi connectivity index (χ1) is 10.7. The molecule has 0 aliphatic carbocycles. The summed E-state index contributed by atoms with van der Waals surface area (Å²) in [4.78, 5) is 11.0. The highest BCUT2D eigenvalue weighted by Crippen LogP contribution is 2.35. The lowest BCUT2D eigenvalue weighted by atomic mass is 10.2. The monoisotopic (exact) mass is 311 g/mol. The zero-order valence-corrected chi connectivity index (χ0v) is 13.1. The van der Waals surface area contributed by atoms with Gasteiger partial charge in [0.15, 0.2) is 5.82 Å². The van der Waals surface area contributed by atoms with Crippen molar-refractivity contribution < 1.29 is 5.11 Å². The molecule has 2 aromatic rings. The molecule has 0 bridgehead atoms. The van der Waals surface area contributed by atoms with E-state index in [0.717, 1.165) is 34.2 Å². The molecule has 0 atom stereocenters. The summed E-state index contributed by atoms with van der Waals surface area (Å²) in [5.41, 5.74) is 1.13. The van der Waals surface area contributed by atoms with Crippen LogP contribution in [0.5, 0.6) is 5.75 Å². The minimum atomic E-state index is 0.261. The van der Waals surface area contributed by atoms with Crippen molar-refractivity contribution in [2.75, 3.05) is 0 Å². The molecule has 1 aliphatic rings. The van der Waals surface area contributed by atoms with E-state index in [9.17, 15) is 5.11 Å². The molecule has 5 heteroatoms. The number of allylic oxidation sites excluding steroid dienone is 2. The van der Waals surface area contributed by atoms with Crippen molar-refractivity contribution in [2.24, 2.45) is 4.99 Å². The Kier molecular flexibility index (Phi) is 4.44. The summed E-state index contributed by atoms with van der Waals surface area (Å²) in [6, 6.07) is 11.1. The lowest BCUT2D eigenvalue weighted by Crippen LogP contribution is -2.24. The molecule has 2 heterocycles. The van der Waals surface area contributed by atoms with E-state index >= 15 is 0 Å². The summed E-state index contributed by atoms with van der Waals surface area (Å²) in [5, 5.41) is 12.9. The van der Waals surface area contributed by atoms with E-state index in [-0.39, 0.29) is 5.75 Å². The van der Waals surface area contributed by atoms with Crippen LogP contribution in [-0.4, -0.2) is 15.9 Å². The van der Waals surface area contributed by atoms with Crippen molar-refractivity contribution in [3.8, 4) is 5.75 Å². The number of aromatic hydroxyl groups is 1. The number of hydrogen-bond acceptors (Lipinski definition) is 4. The first-order valence-electron chi connectivity index (χ1n) is 7.14. The maximum absolute atomic E-state index is 9.58. The second-order valence-electron chi connectivity index (χ2n) is 5.03. The summed E-state index contributed by atoms with van der Waals surface area (Å²) < 4.78 is 0. The van der Waals surface area contributed by atoms with Gasteiger partial charge in [0.2, 0.25) is 0 Å². The largest absolute Gasteiger partial charge is 0.508 e. The number of aliphatic imine (C=N–C) groups is 1. The molecule has 1 aliphatic heterocycles. The van der Waals surface area contributed by atoms with Crippen molar-refractivity contribution in [1.82, 2.24) is 10.3 Å². The van der Waals surface area contributed by atoms with Crippen LogP contribution in [0.25, 0.3) is 0 Å². The predicted octanol–water partition coefficient (Wildman–Crippen LogP) is 4.26. The van der Waals surface area contributed by atoms with Crippen LogP contribution in [-0.2, 0) is 0 Å². The van der Waals surface area contributed by atoms with Crippen LogP contribution in [0.4, 0.5) is 5.82 Å². The van der Waals surface area contributed by atoms with Gasteiger partial charge in [-0.05, 0) is 43.7 Å². The zero-order chi connectivity index (χ0) is 15.4. The highest BCUT2D eigenvalue weighted by molar-refractivity contribution is 7.99. The number of phenols is 1. The molecule has 22 heavy (non-hydrogen) atoms. The summed E-state index contributed by atoms with van der Waals surface area (Å²) in [5.74, 6) is 1.90. The van der Waals surface area contributed by atoms with Crippen LogP contribution in [0.3, 0.4) is 0 Å². The number of amidine groups is 1. The van der Waals surface area contributed by atoms with Crippen molar-refractivity contribution in [1.29, 1.82) is 0 Å². The fraction of sp³-hybridized carbons (Fsp3) is 0.176. The van der Waals surface area contributed by atoms with Gasteiger partial charge in [-0.15, -0.1) is 0 Å². The Labute approximate surface area is 134 Å². The highest BCUT2D eigenvalue weighted by atomic mass is 32.2. The first-order valence-corrected chi connectivity index (χ1v) is 7.95. The number of benzene rings is 1. The van der Waals surface area contributed by atoms with Gasteiger partial charge in [0.1, 0.15) is 11.6 Å². The summed E-state index contributed by atoms with van der Waals surface area (Å²) in [7, 11) is 0. The maximum atomic E-state index is 9.58.